The van der Waals surface area contributed by atoms with Gasteiger partial charge in [-0.25, -0.2) is 4.98 Å². The van der Waals surface area contributed by atoms with Gasteiger partial charge in [-0.3, -0.25) is 14.2 Å². The van der Waals surface area contributed by atoms with Gasteiger partial charge in [-0.1, -0.05) is 32.6 Å². The van der Waals surface area contributed by atoms with Crippen LogP contribution in [0.5, 0.6) is 0 Å². The Kier molecular flexibility index (Phi) is 6.12. The van der Waals surface area contributed by atoms with Gasteiger partial charge in [0.2, 0.25) is 5.91 Å². The number of hydrogen-bond donors (Lipinski definition) is 1. The van der Waals surface area contributed by atoms with Gasteiger partial charge in [0.1, 0.15) is 11.4 Å². The predicted molar refractivity (Wildman–Crippen MR) is 90.2 cm³/mol. The third-order valence-corrected chi connectivity index (χ3v) is 4.48. The minimum atomic E-state index is -0.156. The molecule has 0 unspecified atom stereocenters. The molecule has 1 amide bonds. The summed E-state index contributed by atoms with van der Waals surface area (Å²) < 4.78 is 1.37. The Morgan fingerprint density at radius 3 is 3.00 bits per heavy atom. The summed E-state index contributed by atoms with van der Waals surface area (Å²) in [5.41, 5.74) is -0.156. The van der Waals surface area contributed by atoms with Gasteiger partial charge in [-0.05, 0) is 24.8 Å². The van der Waals surface area contributed by atoms with Crippen molar-refractivity contribution >= 4 is 27.5 Å². The number of nitrogens with one attached hydrogen (secondary N) is 1. The van der Waals surface area contributed by atoms with E-state index in [4.69, 9.17) is 0 Å². The Bertz CT molecular complexity index is 677. The summed E-state index contributed by atoms with van der Waals surface area (Å²) in [6, 6.07) is 1.89. The van der Waals surface area contributed by atoms with Crippen molar-refractivity contribution < 1.29 is 4.79 Å². The summed E-state index contributed by atoms with van der Waals surface area (Å²) in [7, 11) is 0. The highest BCUT2D eigenvalue weighted by Gasteiger charge is 2.11. The molecule has 22 heavy (non-hydrogen) atoms. The van der Waals surface area contributed by atoms with Crippen molar-refractivity contribution in [3.63, 3.8) is 0 Å². The minimum absolute atomic E-state index is 0.0247. The van der Waals surface area contributed by atoms with Gasteiger partial charge < -0.3 is 5.32 Å². The number of thiophene rings is 1. The molecule has 6 heteroatoms. The van der Waals surface area contributed by atoms with Crippen molar-refractivity contribution in [3.05, 3.63) is 28.1 Å². The molecule has 0 aliphatic carbocycles. The molecule has 2 aromatic heterocycles. The molecular formula is C16H23N3O2S. The molecule has 0 bridgehead atoms. The van der Waals surface area contributed by atoms with E-state index in [9.17, 15) is 9.59 Å². The molecule has 2 rings (SSSR count). The largest absolute Gasteiger partial charge is 0.352 e. The van der Waals surface area contributed by atoms with Gasteiger partial charge in [0, 0.05) is 6.04 Å². The Balaban J connectivity index is 1.88. The topological polar surface area (TPSA) is 64.0 Å². The number of unbranched alkanes of at least 4 members (excludes halogenated alkanes) is 3. The maximum atomic E-state index is 12.2. The highest BCUT2D eigenvalue weighted by Crippen LogP contribution is 2.13. The number of carbonyl (C=O) groups excluding carboxylic acids is 1. The van der Waals surface area contributed by atoms with Crippen LogP contribution in [0.15, 0.2) is 22.6 Å². The molecule has 0 radical (unpaired) electrons. The van der Waals surface area contributed by atoms with E-state index in [2.05, 4.69) is 17.2 Å². The Morgan fingerprint density at radius 2 is 2.23 bits per heavy atom. The third-order valence-electron chi connectivity index (χ3n) is 3.66. The van der Waals surface area contributed by atoms with Crippen molar-refractivity contribution in [2.24, 2.45) is 0 Å². The Morgan fingerprint density at radius 1 is 1.41 bits per heavy atom. The first kappa shape index (κ1) is 16.7. The van der Waals surface area contributed by atoms with Crippen LogP contribution in [0, 0.1) is 0 Å². The van der Waals surface area contributed by atoms with Crippen LogP contribution in [0.25, 0.3) is 10.2 Å². The van der Waals surface area contributed by atoms with Gasteiger partial charge in [0.25, 0.3) is 5.56 Å². The van der Waals surface area contributed by atoms with Crippen molar-refractivity contribution in [2.75, 3.05) is 0 Å². The van der Waals surface area contributed by atoms with E-state index < -0.39 is 0 Å². The van der Waals surface area contributed by atoms with Gasteiger partial charge >= 0.3 is 0 Å². The lowest BCUT2D eigenvalue weighted by molar-refractivity contribution is -0.122. The number of carbonyl (C=O) groups is 1. The first-order valence-electron chi connectivity index (χ1n) is 7.83. The average molecular weight is 321 g/mol. The van der Waals surface area contributed by atoms with Crippen LogP contribution in [0.4, 0.5) is 0 Å². The minimum Gasteiger partial charge on any atom is -0.352 e. The molecule has 2 heterocycles. The molecule has 0 spiro atoms. The van der Waals surface area contributed by atoms with E-state index in [0.717, 1.165) is 12.8 Å². The second-order valence-corrected chi connectivity index (χ2v) is 6.53. The normalized spacial score (nSPS) is 12.5. The van der Waals surface area contributed by atoms with Gasteiger partial charge in [-0.2, -0.15) is 0 Å². The van der Waals surface area contributed by atoms with Crippen molar-refractivity contribution in [1.29, 1.82) is 0 Å². The number of rotatable bonds is 8. The second kappa shape index (κ2) is 8.08. The standard InChI is InChI=1S/C16H23N3O2S/c1-3-4-5-6-7-12(2)18-14(20)10-19-11-17-15-13(16(19)21)8-9-22-15/h8-9,11-12H,3-7,10H2,1-2H3,(H,18,20)/t12-/m0/s1. The van der Waals surface area contributed by atoms with E-state index in [0.29, 0.717) is 10.2 Å². The fourth-order valence-electron chi connectivity index (χ4n) is 2.43. The highest BCUT2D eigenvalue weighted by molar-refractivity contribution is 7.16. The maximum Gasteiger partial charge on any atom is 0.262 e. The molecule has 5 nitrogen and oxygen atoms in total. The predicted octanol–water partition coefficient (Wildman–Crippen LogP) is 2.93. The van der Waals surface area contributed by atoms with E-state index in [1.807, 2.05) is 12.3 Å². The molecule has 0 aliphatic heterocycles. The van der Waals surface area contributed by atoms with E-state index in [1.165, 1.54) is 41.5 Å². The number of amides is 1. The van der Waals surface area contributed by atoms with Crippen LogP contribution in [-0.2, 0) is 11.3 Å². The summed E-state index contributed by atoms with van der Waals surface area (Å²) in [5, 5.41) is 5.36. The smallest absolute Gasteiger partial charge is 0.262 e. The molecule has 1 N–H and O–H groups in total. The van der Waals surface area contributed by atoms with Crippen LogP contribution in [0.3, 0.4) is 0 Å². The summed E-state index contributed by atoms with van der Waals surface area (Å²) in [6.07, 6.45) is 7.20. The summed E-state index contributed by atoms with van der Waals surface area (Å²) in [5.74, 6) is -0.138. The summed E-state index contributed by atoms with van der Waals surface area (Å²) in [4.78, 5) is 29.2. The SMILES string of the molecule is CCCCCC[C@H](C)NC(=O)Cn1cnc2sccc2c1=O. The van der Waals surface area contributed by atoms with Crippen molar-refractivity contribution in [1.82, 2.24) is 14.9 Å². The van der Waals surface area contributed by atoms with Gasteiger partial charge in [0.05, 0.1) is 11.7 Å². The summed E-state index contributed by atoms with van der Waals surface area (Å²) in [6.45, 7) is 4.21. The monoisotopic (exact) mass is 321 g/mol. The molecule has 1 atom stereocenters. The zero-order valence-corrected chi connectivity index (χ0v) is 14.0. The molecule has 120 valence electrons. The second-order valence-electron chi connectivity index (χ2n) is 5.63. The lowest BCUT2D eigenvalue weighted by atomic mass is 10.1. The lowest BCUT2D eigenvalue weighted by Gasteiger charge is -2.14. The third kappa shape index (κ3) is 4.40. The molecule has 0 fully saturated rings. The van der Waals surface area contributed by atoms with Crippen LogP contribution >= 0.6 is 11.3 Å². The van der Waals surface area contributed by atoms with Crippen molar-refractivity contribution in [2.45, 2.75) is 58.5 Å². The Hall–Kier alpha value is -1.69. The first-order valence-corrected chi connectivity index (χ1v) is 8.71. The average Bonchev–Trinajstić information content (AvgIpc) is 2.96. The number of fused-ring (bicyclic) bond motifs is 1. The van der Waals surface area contributed by atoms with Gasteiger partial charge in [0.15, 0.2) is 0 Å². The van der Waals surface area contributed by atoms with Crippen LogP contribution < -0.4 is 10.9 Å². The highest BCUT2D eigenvalue weighted by atomic mass is 32.1. The molecule has 2 aromatic rings. The molecule has 0 aliphatic rings. The molecule has 0 saturated carbocycles. The lowest BCUT2D eigenvalue weighted by Crippen LogP contribution is -2.37. The van der Waals surface area contributed by atoms with Gasteiger partial charge in [-0.15, -0.1) is 11.3 Å². The fraction of sp³-hybridized carbons (Fsp3) is 0.562. The molecule has 0 aromatic carbocycles. The zero-order valence-electron chi connectivity index (χ0n) is 13.2. The number of nitrogens with zero attached hydrogens (tertiary/aromatic N) is 2. The summed E-state index contributed by atoms with van der Waals surface area (Å²) >= 11 is 1.43. The van der Waals surface area contributed by atoms with Crippen LogP contribution in [0.2, 0.25) is 0 Å². The first-order chi connectivity index (χ1) is 10.6. The number of aromatic nitrogens is 2. The zero-order chi connectivity index (χ0) is 15.9. The maximum absolute atomic E-state index is 12.2. The van der Waals surface area contributed by atoms with E-state index in [-0.39, 0.29) is 24.1 Å². The molecule has 0 saturated heterocycles. The van der Waals surface area contributed by atoms with Crippen molar-refractivity contribution in [3.8, 4) is 0 Å². The number of hydrogen-bond acceptors (Lipinski definition) is 4. The van der Waals surface area contributed by atoms with E-state index >= 15 is 0 Å². The molecular weight excluding hydrogens is 298 g/mol. The van der Waals surface area contributed by atoms with Crippen LogP contribution in [0.1, 0.15) is 46.0 Å². The quantitative estimate of drug-likeness (QED) is 0.760. The Labute approximate surface area is 134 Å². The fourth-order valence-corrected chi connectivity index (χ4v) is 3.15. The van der Waals surface area contributed by atoms with E-state index in [1.54, 1.807) is 6.07 Å². The van der Waals surface area contributed by atoms with Crippen LogP contribution in [-0.4, -0.2) is 21.5 Å².